The number of unbranched alkanes of at least 4 members (excludes halogenated alkanes) is 2. The minimum atomic E-state index is 0.342. The Balaban J connectivity index is 1.76. The molecule has 88 valence electrons. The zero-order valence-corrected chi connectivity index (χ0v) is 10.3. The molecule has 1 nitrogen and oxygen atoms in total. The molecule has 0 aromatic carbocycles. The van der Waals surface area contributed by atoms with Crippen molar-refractivity contribution in [2.24, 2.45) is 0 Å². The molecule has 2 aliphatic rings. The lowest BCUT2D eigenvalue weighted by atomic mass is 9.89. The molecule has 1 saturated heterocycles. The lowest BCUT2D eigenvalue weighted by molar-refractivity contribution is -0.127. The van der Waals surface area contributed by atoms with Crippen molar-refractivity contribution < 1.29 is 4.74 Å². The molecule has 1 atom stereocenters. The van der Waals surface area contributed by atoms with Crippen LogP contribution in [0.15, 0.2) is 0 Å². The first kappa shape index (κ1) is 11.4. The Kier molecular flexibility index (Phi) is 4.07. The summed E-state index contributed by atoms with van der Waals surface area (Å²) in [5.41, 5.74) is 0.342. The third kappa shape index (κ3) is 2.96. The average molecular weight is 210 g/mol. The van der Waals surface area contributed by atoms with Gasteiger partial charge in [-0.3, -0.25) is 0 Å². The Morgan fingerprint density at radius 1 is 1.07 bits per heavy atom. The van der Waals surface area contributed by atoms with Gasteiger partial charge in [-0.1, -0.05) is 39.0 Å². The second-order valence-corrected chi connectivity index (χ2v) is 5.52. The molecule has 0 bridgehead atoms. The fourth-order valence-corrected chi connectivity index (χ4v) is 3.34. The molecule has 1 heterocycles. The van der Waals surface area contributed by atoms with Gasteiger partial charge in [0.05, 0.1) is 11.7 Å². The first-order valence-corrected chi connectivity index (χ1v) is 7.02. The quantitative estimate of drug-likeness (QED) is 0.623. The van der Waals surface area contributed by atoms with Crippen molar-refractivity contribution >= 4 is 0 Å². The monoisotopic (exact) mass is 210 g/mol. The largest absolute Gasteiger partial charge is 0.372 e. The van der Waals surface area contributed by atoms with Crippen molar-refractivity contribution in [2.75, 3.05) is 0 Å². The molecule has 0 radical (unpaired) electrons. The van der Waals surface area contributed by atoms with Crippen LogP contribution in [0, 0.1) is 0 Å². The second kappa shape index (κ2) is 5.34. The van der Waals surface area contributed by atoms with Crippen LogP contribution in [0.5, 0.6) is 0 Å². The summed E-state index contributed by atoms with van der Waals surface area (Å²) < 4.78 is 6.38. The van der Waals surface area contributed by atoms with Crippen LogP contribution in [0.3, 0.4) is 0 Å². The summed E-state index contributed by atoms with van der Waals surface area (Å²) in [6.45, 7) is 2.28. The van der Waals surface area contributed by atoms with E-state index in [0.717, 1.165) is 0 Å². The highest BCUT2D eigenvalue weighted by Gasteiger charge is 2.39. The van der Waals surface area contributed by atoms with E-state index in [9.17, 15) is 0 Å². The number of rotatable bonds is 4. The van der Waals surface area contributed by atoms with E-state index in [1.807, 2.05) is 0 Å². The summed E-state index contributed by atoms with van der Waals surface area (Å²) in [7, 11) is 0. The van der Waals surface area contributed by atoms with Crippen LogP contribution in [0.4, 0.5) is 0 Å². The first-order chi connectivity index (χ1) is 7.35. The van der Waals surface area contributed by atoms with Crippen LogP contribution in [0.25, 0.3) is 0 Å². The van der Waals surface area contributed by atoms with Gasteiger partial charge in [0, 0.05) is 0 Å². The third-order valence-electron chi connectivity index (χ3n) is 4.22. The van der Waals surface area contributed by atoms with Gasteiger partial charge in [-0.15, -0.1) is 0 Å². The van der Waals surface area contributed by atoms with E-state index in [1.165, 1.54) is 70.6 Å². The van der Waals surface area contributed by atoms with Crippen molar-refractivity contribution in [1.82, 2.24) is 0 Å². The van der Waals surface area contributed by atoms with Gasteiger partial charge in [0.25, 0.3) is 0 Å². The zero-order chi connectivity index (χ0) is 10.6. The topological polar surface area (TPSA) is 9.23 Å². The standard InChI is InChI=1S/C14H26O/c1-2-3-4-8-13-9-7-12-14(15-13)10-5-6-11-14/h13H,2-12H2,1H3/t13-/m0/s1. The predicted molar refractivity (Wildman–Crippen MR) is 64.1 cm³/mol. The number of ether oxygens (including phenoxy) is 1. The van der Waals surface area contributed by atoms with Gasteiger partial charge in [0.2, 0.25) is 0 Å². The maximum Gasteiger partial charge on any atom is 0.0686 e. The Hall–Kier alpha value is -0.0400. The lowest BCUT2D eigenvalue weighted by Gasteiger charge is -2.39. The summed E-state index contributed by atoms with van der Waals surface area (Å²) in [6.07, 6.45) is 15.6. The SMILES string of the molecule is CCCCC[C@H]1CCCC2(CCCC2)O1. The molecule has 0 N–H and O–H groups in total. The van der Waals surface area contributed by atoms with Gasteiger partial charge < -0.3 is 4.74 Å². The van der Waals surface area contributed by atoms with Gasteiger partial charge >= 0.3 is 0 Å². The summed E-state index contributed by atoms with van der Waals surface area (Å²) in [6, 6.07) is 0. The number of hydrogen-bond acceptors (Lipinski definition) is 1. The van der Waals surface area contributed by atoms with E-state index in [0.29, 0.717) is 11.7 Å². The van der Waals surface area contributed by atoms with Crippen molar-refractivity contribution in [1.29, 1.82) is 0 Å². The van der Waals surface area contributed by atoms with E-state index in [1.54, 1.807) is 0 Å². The highest BCUT2D eigenvalue weighted by molar-refractivity contribution is 4.90. The van der Waals surface area contributed by atoms with Crippen LogP contribution in [-0.2, 0) is 4.74 Å². The Labute approximate surface area is 94.6 Å². The third-order valence-corrected chi connectivity index (χ3v) is 4.22. The Morgan fingerprint density at radius 2 is 1.80 bits per heavy atom. The summed E-state index contributed by atoms with van der Waals surface area (Å²) in [5, 5.41) is 0. The summed E-state index contributed by atoms with van der Waals surface area (Å²) in [4.78, 5) is 0. The highest BCUT2D eigenvalue weighted by atomic mass is 16.5. The van der Waals surface area contributed by atoms with Crippen LogP contribution < -0.4 is 0 Å². The van der Waals surface area contributed by atoms with Gasteiger partial charge in [0.1, 0.15) is 0 Å². The molecule has 1 saturated carbocycles. The van der Waals surface area contributed by atoms with Gasteiger partial charge in [0.15, 0.2) is 0 Å². The summed E-state index contributed by atoms with van der Waals surface area (Å²) in [5.74, 6) is 0. The smallest absolute Gasteiger partial charge is 0.0686 e. The molecule has 2 rings (SSSR count). The molecule has 0 aromatic rings. The van der Waals surface area contributed by atoms with Crippen molar-refractivity contribution in [3.8, 4) is 0 Å². The molecular formula is C14H26O. The van der Waals surface area contributed by atoms with E-state index >= 15 is 0 Å². The van der Waals surface area contributed by atoms with Crippen LogP contribution in [-0.4, -0.2) is 11.7 Å². The van der Waals surface area contributed by atoms with E-state index < -0.39 is 0 Å². The lowest BCUT2D eigenvalue weighted by Crippen LogP contribution is -2.38. The van der Waals surface area contributed by atoms with E-state index in [-0.39, 0.29) is 0 Å². The molecule has 0 unspecified atom stereocenters. The zero-order valence-electron chi connectivity index (χ0n) is 10.3. The molecule has 1 aliphatic heterocycles. The van der Waals surface area contributed by atoms with Crippen LogP contribution in [0.2, 0.25) is 0 Å². The van der Waals surface area contributed by atoms with Crippen molar-refractivity contribution in [2.45, 2.75) is 89.3 Å². The Morgan fingerprint density at radius 3 is 2.53 bits per heavy atom. The highest BCUT2D eigenvalue weighted by Crippen LogP contribution is 2.42. The maximum atomic E-state index is 6.38. The molecule has 15 heavy (non-hydrogen) atoms. The van der Waals surface area contributed by atoms with Crippen molar-refractivity contribution in [3.05, 3.63) is 0 Å². The molecule has 1 spiro atoms. The first-order valence-electron chi connectivity index (χ1n) is 7.02. The predicted octanol–water partition coefficient (Wildman–Crippen LogP) is 4.45. The maximum absolute atomic E-state index is 6.38. The fourth-order valence-electron chi connectivity index (χ4n) is 3.34. The molecule has 1 aliphatic carbocycles. The van der Waals surface area contributed by atoms with Gasteiger partial charge in [-0.2, -0.15) is 0 Å². The molecule has 0 aromatic heterocycles. The van der Waals surface area contributed by atoms with Gasteiger partial charge in [-0.05, 0) is 38.5 Å². The minimum Gasteiger partial charge on any atom is -0.372 e. The van der Waals surface area contributed by atoms with Crippen molar-refractivity contribution in [3.63, 3.8) is 0 Å². The normalized spacial score (nSPS) is 29.8. The van der Waals surface area contributed by atoms with Crippen LogP contribution >= 0.6 is 0 Å². The molecule has 2 fully saturated rings. The fraction of sp³-hybridized carbons (Fsp3) is 1.00. The van der Waals surface area contributed by atoms with E-state index in [4.69, 9.17) is 4.74 Å². The molecule has 1 heteroatoms. The van der Waals surface area contributed by atoms with Crippen LogP contribution in [0.1, 0.15) is 77.6 Å². The molecule has 0 amide bonds. The van der Waals surface area contributed by atoms with Gasteiger partial charge in [-0.25, -0.2) is 0 Å². The number of hydrogen-bond donors (Lipinski definition) is 0. The molecular weight excluding hydrogens is 184 g/mol. The summed E-state index contributed by atoms with van der Waals surface area (Å²) >= 11 is 0. The minimum absolute atomic E-state index is 0.342. The Bertz CT molecular complexity index is 182. The second-order valence-electron chi connectivity index (χ2n) is 5.52. The average Bonchev–Trinajstić information content (AvgIpc) is 2.67. The van der Waals surface area contributed by atoms with E-state index in [2.05, 4.69) is 6.92 Å².